The van der Waals surface area contributed by atoms with Crippen LogP contribution in [0.5, 0.6) is 0 Å². The quantitative estimate of drug-likeness (QED) is 0.0936. The van der Waals surface area contributed by atoms with Crippen molar-refractivity contribution in [1.29, 1.82) is 0 Å². The molecule has 1 aliphatic rings. The van der Waals surface area contributed by atoms with Crippen LogP contribution in [0.15, 0.2) is 47.6 Å². The standard InChI is InChI=1S/C30H29FN6O6S2/c1-3-43-29(40)26-21-6-4-5-7-23(21)45-28(26)33-25(38)16-44-30-35-34-24(36(30)20-12-10-19(31)11-13-20)15-32-27(39)18-9-8-17(2)22(14-18)37(41)42/h8-14H,3-7,15-16H2,1-2H3,(H,32,39)(H,33,38). The largest absolute Gasteiger partial charge is 0.462 e. The van der Waals surface area contributed by atoms with Crippen molar-refractivity contribution >= 4 is 51.6 Å². The van der Waals surface area contributed by atoms with E-state index in [4.69, 9.17) is 4.74 Å². The fourth-order valence-electron chi connectivity index (χ4n) is 4.93. The van der Waals surface area contributed by atoms with Crippen LogP contribution in [0.4, 0.5) is 15.1 Å². The second kappa shape index (κ2) is 14.0. The van der Waals surface area contributed by atoms with E-state index in [2.05, 4.69) is 20.8 Å². The summed E-state index contributed by atoms with van der Waals surface area (Å²) in [6.07, 6.45) is 3.58. The Balaban J connectivity index is 1.33. The number of hydrogen-bond acceptors (Lipinski definition) is 10. The van der Waals surface area contributed by atoms with Crippen molar-refractivity contribution in [2.24, 2.45) is 0 Å². The van der Waals surface area contributed by atoms with Gasteiger partial charge in [0.05, 0.1) is 29.4 Å². The molecule has 0 saturated carbocycles. The molecule has 2 N–H and O–H groups in total. The van der Waals surface area contributed by atoms with Gasteiger partial charge in [0.2, 0.25) is 5.91 Å². The number of anilines is 1. The minimum atomic E-state index is -0.559. The topological polar surface area (TPSA) is 158 Å². The zero-order valence-corrected chi connectivity index (χ0v) is 26.1. The third kappa shape index (κ3) is 7.20. The molecule has 5 rings (SSSR count). The van der Waals surface area contributed by atoms with Gasteiger partial charge in [0, 0.05) is 27.8 Å². The van der Waals surface area contributed by atoms with Gasteiger partial charge >= 0.3 is 5.97 Å². The molecule has 234 valence electrons. The molecule has 45 heavy (non-hydrogen) atoms. The molecule has 0 radical (unpaired) electrons. The minimum Gasteiger partial charge on any atom is -0.462 e. The molecule has 0 spiro atoms. The molecule has 1 aliphatic carbocycles. The maximum absolute atomic E-state index is 13.7. The Labute approximate surface area is 265 Å². The van der Waals surface area contributed by atoms with Gasteiger partial charge in [-0.25, -0.2) is 9.18 Å². The first kappa shape index (κ1) is 31.8. The maximum atomic E-state index is 13.7. The van der Waals surface area contributed by atoms with E-state index in [9.17, 15) is 28.9 Å². The van der Waals surface area contributed by atoms with Gasteiger partial charge in [-0.1, -0.05) is 17.8 Å². The predicted octanol–water partition coefficient (Wildman–Crippen LogP) is 5.40. The molecule has 2 amide bonds. The minimum absolute atomic E-state index is 0.0798. The fourth-order valence-corrected chi connectivity index (χ4v) is 7.00. The van der Waals surface area contributed by atoms with Crippen LogP contribution in [0.2, 0.25) is 0 Å². The number of aromatic nitrogens is 3. The van der Waals surface area contributed by atoms with E-state index in [1.165, 1.54) is 53.8 Å². The lowest BCUT2D eigenvalue weighted by molar-refractivity contribution is -0.385. The number of esters is 1. The monoisotopic (exact) mass is 652 g/mol. The number of aryl methyl sites for hydroxylation is 2. The number of rotatable bonds is 11. The zero-order valence-electron chi connectivity index (χ0n) is 24.4. The van der Waals surface area contributed by atoms with Crippen LogP contribution in [0, 0.1) is 22.9 Å². The van der Waals surface area contributed by atoms with Crippen molar-refractivity contribution in [2.45, 2.75) is 51.2 Å². The first-order valence-corrected chi connectivity index (χ1v) is 15.9. The van der Waals surface area contributed by atoms with E-state index in [0.717, 1.165) is 47.9 Å². The summed E-state index contributed by atoms with van der Waals surface area (Å²) in [7, 11) is 0. The first-order chi connectivity index (χ1) is 21.7. The highest BCUT2D eigenvalue weighted by Crippen LogP contribution is 2.39. The summed E-state index contributed by atoms with van der Waals surface area (Å²) < 4.78 is 20.6. The van der Waals surface area contributed by atoms with Gasteiger partial charge in [-0.15, -0.1) is 21.5 Å². The Morgan fingerprint density at radius 1 is 1.13 bits per heavy atom. The summed E-state index contributed by atoms with van der Waals surface area (Å²) in [6.45, 7) is 3.43. The first-order valence-electron chi connectivity index (χ1n) is 14.1. The molecule has 0 saturated heterocycles. The third-order valence-electron chi connectivity index (χ3n) is 7.10. The molecular formula is C30H29FN6O6S2. The smallest absolute Gasteiger partial charge is 0.341 e. The number of amides is 2. The fraction of sp³-hybridized carbons (Fsp3) is 0.300. The number of nitrogens with zero attached hydrogens (tertiary/aromatic N) is 4. The van der Waals surface area contributed by atoms with Crippen molar-refractivity contribution in [3.63, 3.8) is 0 Å². The van der Waals surface area contributed by atoms with E-state index in [-0.39, 0.29) is 41.9 Å². The highest BCUT2D eigenvalue weighted by Gasteiger charge is 2.27. The molecule has 0 bridgehead atoms. The summed E-state index contributed by atoms with van der Waals surface area (Å²) in [6, 6.07) is 9.74. The summed E-state index contributed by atoms with van der Waals surface area (Å²) >= 11 is 2.47. The maximum Gasteiger partial charge on any atom is 0.341 e. The Bertz CT molecular complexity index is 1770. The van der Waals surface area contributed by atoms with Crippen LogP contribution >= 0.6 is 23.1 Å². The van der Waals surface area contributed by atoms with Gasteiger partial charge < -0.3 is 15.4 Å². The average Bonchev–Trinajstić information content (AvgIpc) is 3.60. The second-order valence-electron chi connectivity index (χ2n) is 10.1. The molecule has 0 aliphatic heterocycles. The van der Waals surface area contributed by atoms with Gasteiger partial charge in [0.25, 0.3) is 11.6 Å². The molecular weight excluding hydrogens is 623 g/mol. The van der Waals surface area contributed by atoms with Gasteiger partial charge in [0.1, 0.15) is 10.8 Å². The number of benzene rings is 2. The van der Waals surface area contributed by atoms with E-state index in [1.54, 1.807) is 18.4 Å². The number of thiophene rings is 1. The van der Waals surface area contributed by atoms with Gasteiger partial charge in [0.15, 0.2) is 11.0 Å². The Morgan fingerprint density at radius 3 is 2.62 bits per heavy atom. The van der Waals surface area contributed by atoms with E-state index in [0.29, 0.717) is 27.0 Å². The van der Waals surface area contributed by atoms with Gasteiger partial charge in [-0.3, -0.25) is 24.3 Å². The molecule has 0 fully saturated rings. The van der Waals surface area contributed by atoms with Crippen molar-refractivity contribution < 1.29 is 28.4 Å². The van der Waals surface area contributed by atoms with Crippen LogP contribution in [-0.4, -0.2) is 49.8 Å². The Morgan fingerprint density at radius 2 is 1.89 bits per heavy atom. The Hall–Kier alpha value is -4.63. The normalized spacial score (nSPS) is 12.3. The van der Waals surface area contributed by atoms with Crippen molar-refractivity contribution in [2.75, 3.05) is 17.7 Å². The summed E-state index contributed by atoms with van der Waals surface area (Å²) in [5.74, 6) is -1.63. The SMILES string of the molecule is CCOC(=O)c1c(NC(=O)CSc2nnc(CNC(=O)c3ccc(C)c([N+](=O)[O-])c3)n2-c2ccc(F)cc2)sc2c1CCCC2. The average molecular weight is 653 g/mol. The third-order valence-corrected chi connectivity index (χ3v) is 9.23. The van der Waals surface area contributed by atoms with E-state index < -0.39 is 22.6 Å². The van der Waals surface area contributed by atoms with Crippen molar-refractivity contribution in [1.82, 2.24) is 20.1 Å². The number of halogens is 1. The number of nitro benzene ring substituents is 1. The summed E-state index contributed by atoms with van der Waals surface area (Å²) in [5, 5.41) is 26.0. The van der Waals surface area contributed by atoms with Crippen LogP contribution in [-0.2, 0) is 28.9 Å². The summed E-state index contributed by atoms with van der Waals surface area (Å²) in [5.41, 5.74) is 2.20. The van der Waals surface area contributed by atoms with Crippen LogP contribution < -0.4 is 10.6 Å². The van der Waals surface area contributed by atoms with Gasteiger partial charge in [-0.2, -0.15) is 0 Å². The molecule has 2 aromatic heterocycles. The lowest BCUT2D eigenvalue weighted by Gasteiger charge is -2.12. The summed E-state index contributed by atoms with van der Waals surface area (Å²) in [4.78, 5) is 50.6. The lowest BCUT2D eigenvalue weighted by atomic mass is 9.95. The predicted molar refractivity (Wildman–Crippen MR) is 167 cm³/mol. The number of nitrogens with one attached hydrogen (secondary N) is 2. The highest BCUT2D eigenvalue weighted by molar-refractivity contribution is 7.99. The number of thioether (sulfide) groups is 1. The van der Waals surface area contributed by atoms with Crippen molar-refractivity contribution in [3.05, 3.63) is 91.4 Å². The van der Waals surface area contributed by atoms with E-state index >= 15 is 0 Å². The second-order valence-corrected chi connectivity index (χ2v) is 12.2. The zero-order chi connectivity index (χ0) is 32.1. The van der Waals surface area contributed by atoms with E-state index in [1.807, 2.05) is 0 Å². The highest BCUT2D eigenvalue weighted by atomic mass is 32.2. The van der Waals surface area contributed by atoms with Crippen LogP contribution in [0.25, 0.3) is 5.69 Å². The molecule has 2 aromatic carbocycles. The molecule has 0 unspecified atom stereocenters. The molecule has 0 atom stereocenters. The van der Waals surface area contributed by atoms with Crippen molar-refractivity contribution in [3.8, 4) is 5.69 Å². The van der Waals surface area contributed by atoms with Gasteiger partial charge in [-0.05, 0) is 75.4 Å². The number of carbonyl (C=O) groups is 3. The lowest BCUT2D eigenvalue weighted by Crippen LogP contribution is -2.25. The molecule has 15 heteroatoms. The van der Waals surface area contributed by atoms with Crippen LogP contribution in [0.3, 0.4) is 0 Å². The number of carbonyl (C=O) groups excluding carboxylic acids is 3. The number of fused-ring (bicyclic) bond motifs is 1. The Kier molecular flexibility index (Phi) is 9.88. The number of ether oxygens (including phenoxy) is 1. The molecule has 4 aromatic rings. The number of nitro groups is 1. The molecule has 2 heterocycles. The molecule has 12 nitrogen and oxygen atoms in total. The number of hydrogen-bond donors (Lipinski definition) is 2. The van der Waals surface area contributed by atoms with Crippen LogP contribution in [0.1, 0.15) is 62.3 Å².